The summed E-state index contributed by atoms with van der Waals surface area (Å²) in [6.45, 7) is 1.72. The average Bonchev–Trinajstić information content (AvgIpc) is 2.22. The van der Waals surface area contributed by atoms with Crippen LogP contribution in [0.3, 0.4) is 0 Å². The molecule has 1 aromatic carbocycles. The highest BCUT2D eigenvalue weighted by molar-refractivity contribution is 5.77. The van der Waals surface area contributed by atoms with Crippen molar-refractivity contribution >= 4 is 10.9 Å². The lowest BCUT2D eigenvalue weighted by atomic mass is 10.2. The van der Waals surface area contributed by atoms with Crippen molar-refractivity contribution in [2.75, 3.05) is 0 Å². The highest BCUT2D eigenvalue weighted by atomic mass is 19.1. The molecule has 16 heavy (non-hydrogen) atoms. The van der Waals surface area contributed by atoms with Gasteiger partial charge in [0.25, 0.3) is 5.56 Å². The van der Waals surface area contributed by atoms with Crippen molar-refractivity contribution in [3.63, 3.8) is 0 Å². The number of aromatic nitrogens is 2. The molecule has 1 N–H and O–H groups in total. The van der Waals surface area contributed by atoms with Gasteiger partial charge in [-0.2, -0.15) is 0 Å². The molecule has 2 aromatic rings. The van der Waals surface area contributed by atoms with Crippen LogP contribution in [0.25, 0.3) is 10.9 Å². The maximum absolute atomic E-state index is 13.0. The van der Waals surface area contributed by atoms with Gasteiger partial charge in [0, 0.05) is 0 Å². The number of fused-ring (bicyclic) bond motifs is 1. The predicted octanol–water partition coefficient (Wildman–Crippen LogP) is 0.916. The molecule has 0 amide bonds. The zero-order valence-corrected chi connectivity index (χ0v) is 8.72. The van der Waals surface area contributed by atoms with Gasteiger partial charge < -0.3 is 5.11 Å². The highest BCUT2D eigenvalue weighted by Crippen LogP contribution is 2.08. The lowest BCUT2D eigenvalue weighted by molar-refractivity contribution is 0.172. The lowest BCUT2D eigenvalue weighted by Crippen LogP contribution is -2.25. The summed E-state index contributed by atoms with van der Waals surface area (Å²) in [4.78, 5) is 15.9. The molecule has 1 aromatic heterocycles. The molecule has 0 radical (unpaired) electrons. The van der Waals surface area contributed by atoms with Crippen LogP contribution in [-0.2, 0) is 6.54 Å². The second-order valence-electron chi connectivity index (χ2n) is 3.71. The molecule has 0 saturated carbocycles. The van der Waals surface area contributed by atoms with E-state index < -0.39 is 11.9 Å². The van der Waals surface area contributed by atoms with Gasteiger partial charge in [-0.3, -0.25) is 9.36 Å². The summed E-state index contributed by atoms with van der Waals surface area (Å²) in [5.41, 5.74) is 0.110. The first-order valence-electron chi connectivity index (χ1n) is 4.90. The van der Waals surface area contributed by atoms with Gasteiger partial charge in [0.1, 0.15) is 5.82 Å². The second kappa shape index (κ2) is 4.02. The van der Waals surface area contributed by atoms with E-state index in [2.05, 4.69) is 4.98 Å². The molecule has 1 unspecified atom stereocenters. The fourth-order valence-electron chi connectivity index (χ4n) is 1.55. The van der Waals surface area contributed by atoms with Gasteiger partial charge in [-0.15, -0.1) is 0 Å². The molecule has 1 heterocycles. The predicted molar refractivity (Wildman–Crippen MR) is 57.6 cm³/mol. The number of benzene rings is 1. The van der Waals surface area contributed by atoms with E-state index in [0.717, 1.165) is 6.07 Å². The molecule has 0 aliphatic rings. The van der Waals surface area contributed by atoms with Crippen LogP contribution < -0.4 is 5.56 Å². The summed E-state index contributed by atoms with van der Waals surface area (Å²) in [5.74, 6) is -0.471. The maximum Gasteiger partial charge on any atom is 0.261 e. The average molecular weight is 222 g/mol. The van der Waals surface area contributed by atoms with E-state index in [9.17, 15) is 14.3 Å². The molecule has 2 rings (SSSR count). The Bertz CT molecular complexity index is 578. The van der Waals surface area contributed by atoms with E-state index in [-0.39, 0.29) is 17.5 Å². The summed E-state index contributed by atoms with van der Waals surface area (Å²) in [5, 5.41) is 9.42. The van der Waals surface area contributed by atoms with Gasteiger partial charge in [-0.05, 0) is 25.1 Å². The van der Waals surface area contributed by atoms with E-state index in [4.69, 9.17) is 0 Å². The topological polar surface area (TPSA) is 55.1 Å². The van der Waals surface area contributed by atoms with Gasteiger partial charge >= 0.3 is 0 Å². The first kappa shape index (κ1) is 10.8. The van der Waals surface area contributed by atoms with E-state index in [1.807, 2.05) is 0 Å². The molecule has 0 bridgehead atoms. The number of hydrogen-bond acceptors (Lipinski definition) is 3. The van der Waals surface area contributed by atoms with Gasteiger partial charge in [0.15, 0.2) is 0 Å². The third-order valence-electron chi connectivity index (χ3n) is 2.25. The molecule has 0 fully saturated rings. The first-order chi connectivity index (χ1) is 7.58. The van der Waals surface area contributed by atoms with E-state index in [1.54, 1.807) is 6.92 Å². The molecule has 0 saturated heterocycles. The standard InChI is InChI=1S/C11H11FN2O2/c1-7(15)5-14-6-13-10-3-2-8(12)4-9(10)11(14)16/h2-4,6-7,15H,5H2,1H3. The summed E-state index contributed by atoms with van der Waals surface area (Å²) in [6, 6.07) is 3.87. The zero-order chi connectivity index (χ0) is 11.7. The SMILES string of the molecule is CC(O)Cn1cnc2ccc(F)cc2c1=O. The van der Waals surface area contributed by atoms with Crippen molar-refractivity contribution in [1.29, 1.82) is 0 Å². The third kappa shape index (κ3) is 1.94. The summed E-state index contributed by atoms with van der Waals surface area (Å²) >= 11 is 0. The summed E-state index contributed by atoms with van der Waals surface area (Å²) < 4.78 is 14.3. The van der Waals surface area contributed by atoms with Crippen LogP contribution in [0.2, 0.25) is 0 Å². The maximum atomic E-state index is 13.0. The quantitative estimate of drug-likeness (QED) is 0.821. The van der Waals surface area contributed by atoms with E-state index >= 15 is 0 Å². The van der Waals surface area contributed by atoms with E-state index in [0.29, 0.717) is 5.52 Å². The Morgan fingerprint density at radius 3 is 3.00 bits per heavy atom. The monoisotopic (exact) mass is 222 g/mol. The molecule has 1 atom stereocenters. The smallest absolute Gasteiger partial charge is 0.261 e. The van der Waals surface area contributed by atoms with Gasteiger partial charge in [-0.25, -0.2) is 9.37 Å². The van der Waals surface area contributed by atoms with Crippen molar-refractivity contribution < 1.29 is 9.50 Å². The van der Waals surface area contributed by atoms with Crippen molar-refractivity contribution in [3.8, 4) is 0 Å². The van der Waals surface area contributed by atoms with Gasteiger partial charge in [0.2, 0.25) is 0 Å². The number of nitrogens with zero attached hydrogens (tertiary/aromatic N) is 2. The van der Waals surface area contributed by atoms with Crippen LogP contribution in [0.15, 0.2) is 29.3 Å². The van der Waals surface area contributed by atoms with Crippen LogP contribution in [0, 0.1) is 5.82 Å². The van der Waals surface area contributed by atoms with Crippen LogP contribution in [0.1, 0.15) is 6.92 Å². The molecule has 84 valence electrons. The van der Waals surface area contributed by atoms with Crippen molar-refractivity contribution in [2.24, 2.45) is 0 Å². The molecule has 5 heteroatoms. The Morgan fingerprint density at radius 2 is 2.31 bits per heavy atom. The van der Waals surface area contributed by atoms with Crippen LogP contribution in [-0.4, -0.2) is 20.8 Å². The number of halogens is 1. The summed E-state index contributed by atoms with van der Waals surface area (Å²) in [6.07, 6.45) is 0.709. The first-order valence-corrected chi connectivity index (χ1v) is 4.90. The number of rotatable bonds is 2. The minimum Gasteiger partial charge on any atom is -0.392 e. The van der Waals surface area contributed by atoms with Crippen molar-refractivity contribution in [1.82, 2.24) is 9.55 Å². The Morgan fingerprint density at radius 1 is 1.56 bits per heavy atom. The van der Waals surface area contributed by atoms with Gasteiger partial charge in [-0.1, -0.05) is 0 Å². The Balaban J connectivity index is 2.64. The van der Waals surface area contributed by atoms with E-state index in [1.165, 1.54) is 23.0 Å². The molecular weight excluding hydrogens is 211 g/mol. The Hall–Kier alpha value is -1.75. The van der Waals surface area contributed by atoms with Gasteiger partial charge in [0.05, 0.1) is 29.9 Å². The molecule has 0 aliphatic heterocycles. The zero-order valence-electron chi connectivity index (χ0n) is 8.72. The number of aliphatic hydroxyl groups is 1. The molecule has 4 nitrogen and oxygen atoms in total. The van der Waals surface area contributed by atoms with Crippen LogP contribution in [0.4, 0.5) is 4.39 Å². The van der Waals surface area contributed by atoms with Crippen molar-refractivity contribution in [2.45, 2.75) is 19.6 Å². The van der Waals surface area contributed by atoms with Crippen molar-refractivity contribution in [3.05, 3.63) is 40.7 Å². The largest absolute Gasteiger partial charge is 0.392 e. The summed E-state index contributed by atoms with van der Waals surface area (Å²) in [7, 11) is 0. The molecule has 0 aliphatic carbocycles. The van der Waals surface area contributed by atoms with Crippen LogP contribution in [0.5, 0.6) is 0 Å². The number of aliphatic hydroxyl groups excluding tert-OH is 1. The fraction of sp³-hybridized carbons (Fsp3) is 0.273. The normalized spacial score (nSPS) is 12.9. The molecular formula is C11H11FN2O2. The Kier molecular flexibility index (Phi) is 2.70. The second-order valence-corrected chi connectivity index (χ2v) is 3.71. The number of hydrogen-bond donors (Lipinski definition) is 1. The van der Waals surface area contributed by atoms with Crippen LogP contribution >= 0.6 is 0 Å². The Labute approximate surface area is 91.0 Å². The minimum absolute atomic E-state index is 0.151. The lowest BCUT2D eigenvalue weighted by Gasteiger charge is -2.08. The third-order valence-corrected chi connectivity index (χ3v) is 2.25. The minimum atomic E-state index is -0.648. The highest BCUT2D eigenvalue weighted by Gasteiger charge is 2.06. The molecule has 0 spiro atoms. The fourth-order valence-corrected chi connectivity index (χ4v) is 1.55.